The third kappa shape index (κ3) is 3.39. The Hall–Kier alpha value is -2.81. The minimum Gasteiger partial charge on any atom is -0.307 e. The van der Waals surface area contributed by atoms with Crippen LogP contribution < -0.4 is 4.90 Å². The number of hydrogen-bond acceptors (Lipinski definition) is 6. The molecule has 2 aliphatic heterocycles. The normalized spacial score (nSPS) is 22.2. The molecule has 2 aliphatic rings. The number of aryl methyl sites for hydroxylation is 1. The van der Waals surface area contributed by atoms with Crippen molar-refractivity contribution in [1.82, 2.24) is 9.78 Å². The summed E-state index contributed by atoms with van der Waals surface area (Å²) in [5.41, 5.74) is 4.34. The second-order valence-electron chi connectivity index (χ2n) is 7.35. The standard InChI is InChI=1S/C20H23N5O3S/c1-4-24-18-8-6-5-7-16(18)19(20(24)26)22-21-11-17-13(2)23-25(14(17)3)15-9-10-29(27,28)12-15/h5-8,11,15H,4,9-10,12H2,1-3H3/b21-11-,22-19+/t15-/m0/s1. The number of amides is 1. The number of aromatic nitrogens is 2. The molecule has 29 heavy (non-hydrogen) atoms. The van der Waals surface area contributed by atoms with E-state index in [-0.39, 0.29) is 23.5 Å². The highest BCUT2D eigenvalue weighted by Crippen LogP contribution is 2.29. The minimum atomic E-state index is -2.99. The van der Waals surface area contributed by atoms with Crippen molar-refractivity contribution in [3.63, 3.8) is 0 Å². The van der Waals surface area contributed by atoms with Crippen molar-refractivity contribution in [3.8, 4) is 0 Å². The first-order chi connectivity index (χ1) is 13.8. The molecule has 152 valence electrons. The van der Waals surface area contributed by atoms with Gasteiger partial charge in [0.15, 0.2) is 15.5 Å². The summed E-state index contributed by atoms with van der Waals surface area (Å²) in [6, 6.07) is 7.39. The molecule has 0 saturated carbocycles. The van der Waals surface area contributed by atoms with Gasteiger partial charge < -0.3 is 4.90 Å². The maximum atomic E-state index is 12.7. The lowest BCUT2D eigenvalue weighted by Gasteiger charge is -2.12. The number of hydrogen-bond donors (Lipinski definition) is 0. The lowest BCUT2D eigenvalue weighted by Crippen LogP contribution is -2.29. The van der Waals surface area contributed by atoms with Gasteiger partial charge >= 0.3 is 0 Å². The predicted molar refractivity (Wildman–Crippen MR) is 113 cm³/mol. The first-order valence-electron chi connectivity index (χ1n) is 9.61. The molecular formula is C20H23N5O3S. The summed E-state index contributed by atoms with van der Waals surface area (Å²) in [6.07, 6.45) is 2.16. The third-order valence-electron chi connectivity index (χ3n) is 5.49. The molecule has 1 amide bonds. The molecular weight excluding hydrogens is 390 g/mol. The highest BCUT2D eigenvalue weighted by molar-refractivity contribution is 7.91. The number of benzene rings is 1. The average Bonchev–Trinajstić information content (AvgIpc) is 3.28. The van der Waals surface area contributed by atoms with Crippen molar-refractivity contribution >= 4 is 33.4 Å². The Bertz CT molecular complexity index is 1150. The molecule has 0 aliphatic carbocycles. The Kier molecular flexibility index (Phi) is 4.85. The van der Waals surface area contributed by atoms with Gasteiger partial charge in [-0.2, -0.15) is 10.2 Å². The number of carbonyl (C=O) groups is 1. The molecule has 2 aromatic rings. The zero-order valence-corrected chi connectivity index (χ0v) is 17.5. The molecule has 1 aromatic carbocycles. The molecule has 0 unspecified atom stereocenters. The first-order valence-corrected chi connectivity index (χ1v) is 11.4. The lowest BCUT2D eigenvalue weighted by molar-refractivity contribution is -0.112. The van der Waals surface area contributed by atoms with Crippen LogP contribution in [0.25, 0.3) is 0 Å². The average molecular weight is 414 g/mol. The van der Waals surface area contributed by atoms with Gasteiger partial charge in [0.25, 0.3) is 5.91 Å². The maximum absolute atomic E-state index is 12.7. The predicted octanol–water partition coefficient (Wildman–Crippen LogP) is 2.05. The minimum absolute atomic E-state index is 0.117. The molecule has 0 spiro atoms. The van der Waals surface area contributed by atoms with Gasteiger partial charge in [-0.15, -0.1) is 5.10 Å². The van der Waals surface area contributed by atoms with Gasteiger partial charge in [0, 0.05) is 23.4 Å². The van der Waals surface area contributed by atoms with Gasteiger partial charge in [-0.1, -0.05) is 18.2 Å². The number of nitrogens with zero attached hydrogens (tertiary/aromatic N) is 5. The molecule has 0 radical (unpaired) electrons. The Morgan fingerprint density at radius 2 is 2.03 bits per heavy atom. The van der Waals surface area contributed by atoms with E-state index in [0.29, 0.717) is 18.7 Å². The van der Waals surface area contributed by atoms with E-state index in [4.69, 9.17) is 0 Å². The fraction of sp³-hybridized carbons (Fsp3) is 0.400. The number of para-hydroxylation sites is 1. The largest absolute Gasteiger partial charge is 0.307 e. The molecule has 8 nitrogen and oxygen atoms in total. The Morgan fingerprint density at radius 1 is 1.28 bits per heavy atom. The van der Waals surface area contributed by atoms with E-state index in [1.165, 1.54) is 0 Å². The summed E-state index contributed by atoms with van der Waals surface area (Å²) in [6.45, 7) is 6.24. The molecule has 1 saturated heterocycles. The van der Waals surface area contributed by atoms with Crippen molar-refractivity contribution in [2.75, 3.05) is 23.0 Å². The number of anilines is 1. The van der Waals surface area contributed by atoms with Gasteiger partial charge in [0.05, 0.1) is 35.1 Å². The van der Waals surface area contributed by atoms with E-state index in [1.54, 1.807) is 15.8 Å². The van der Waals surface area contributed by atoms with Gasteiger partial charge in [0.1, 0.15) is 0 Å². The van der Waals surface area contributed by atoms with E-state index in [1.807, 2.05) is 45.0 Å². The maximum Gasteiger partial charge on any atom is 0.279 e. The number of fused-ring (bicyclic) bond motifs is 1. The van der Waals surface area contributed by atoms with Crippen LogP contribution in [0.15, 0.2) is 34.5 Å². The van der Waals surface area contributed by atoms with Crippen molar-refractivity contribution < 1.29 is 13.2 Å². The smallest absolute Gasteiger partial charge is 0.279 e. The van der Waals surface area contributed by atoms with Crippen LogP contribution in [0.5, 0.6) is 0 Å². The fourth-order valence-corrected chi connectivity index (χ4v) is 5.69. The monoisotopic (exact) mass is 413 g/mol. The first kappa shape index (κ1) is 19.5. The van der Waals surface area contributed by atoms with Gasteiger partial charge in [0.2, 0.25) is 0 Å². The third-order valence-corrected chi connectivity index (χ3v) is 7.24. The Morgan fingerprint density at radius 3 is 2.72 bits per heavy atom. The summed E-state index contributed by atoms with van der Waals surface area (Å²) in [7, 11) is -2.99. The van der Waals surface area contributed by atoms with Crippen molar-refractivity contribution in [2.45, 2.75) is 33.2 Å². The van der Waals surface area contributed by atoms with Crippen LogP contribution >= 0.6 is 0 Å². The van der Waals surface area contributed by atoms with Crippen LogP contribution in [-0.2, 0) is 14.6 Å². The van der Waals surface area contributed by atoms with Crippen LogP contribution in [-0.4, -0.2) is 54.1 Å². The summed E-state index contributed by atoms with van der Waals surface area (Å²) in [5, 5.41) is 12.9. The van der Waals surface area contributed by atoms with E-state index >= 15 is 0 Å². The molecule has 9 heteroatoms. The highest BCUT2D eigenvalue weighted by Gasteiger charge is 2.33. The van der Waals surface area contributed by atoms with Gasteiger partial charge in [-0.3, -0.25) is 9.48 Å². The molecule has 3 heterocycles. The van der Waals surface area contributed by atoms with E-state index in [0.717, 1.165) is 28.2 Å². The summed E-state index contributed by atoms with van der Waals surface area (Å²) in [4.78, 5) is 14.3. The Labute approximate surface area is 169 Å². The number of rotatable bonds is 4. The number of sulfone groups is 1. The van der Waals surface area contributed by atoms with Gasteiger partial charge in [-0.05, 0) is 33.3 Å². The zero-order chi connectivity index (χ0) is 20.8. The molecule has 0 N–H and O–H groups in total. The number of carbonyl (C=O) groups excluding carboxylic acids is 1. The van der Waals surface area contributed by atoms with Crippen molar-refractivity contribution in [2.24, 2.45) is 10.2 Å². The summed E-state index contributed by atoms with van der Waals surface area (Å²) < 4.78 is 25.4. The second-order valence-corrected chi connectivity index (χ2v) is 9.57. The van der Waals surface area contributed by atoms with E-state index < -0.39 is 9.84 Å². The lowest BCUT2D eigenvalue weighted by atomic mass is 10.1. The zero-order valence-electron chi connectivity index (χ0n) is 16.7. The van der Waals surface area contributed by atoms with E-state index in [2.05, 4.69) is 15.3 Å². The van der Waals surface area contributed by atoms with Crippen molar-refractivity contribution in [3.05, 3.63) is 46.8 Å². The molecule has 0 bridgehead atoms. The van der Waals surface area contributed by atoms with Crippen LogP contribution in [0.4, 0.5) is 5.69 Å². The van der Waals surface area contributed by atoms with Crippen LogP contribution in [0.1, 0.15) is 41.9 Å². The molecule has 1 aromatic heterocycles. The quantitative estimate of drug-likeness (QED) is 0.566. The van der Waals surface area contributed by atoms with Crippen LogP contribution in [0.3, 0.4) is 0 Å². The molecule has 1 fully saturated rings. The van der Waals surface area contributed by atoms with Crippen LogP contribution in [0.2, 0.25) is 0 Å². The summed E-state index contributed by atoms with van der Waals surface area (Å²) >= 11 is 0. The SMILES string of the molecule is CCN1C(=O)/C(=N/N=C\c2c(C)nn([C@H]3CCS(=O)(=O)C3)c2C)c2ccccc21. The second kappa shape index (κ2) is 7.22. The van der Waals surface area contributed by atoms with E-state index in [9.17, 15) is 13.2 Å². The molecule has 4 rings (SSSR count). The summed E-state index contributed by atoms with van der Waals surface area (Å²) in [5.74, 6) is 0.153. The van der Waals surface area contributed by atoms with Gasteiger partial charge in [-0.25, -0.2) is 8.42 Å². The highest BCUT2D eigenvalue weighted by atomic mass is 32.2. The Balaban J connectivity index is 1.63. The topological polar surface area (TPSA) is 97.0 Å². The fourth-order valence-electron chi connectivity index (χ4n) is 4.00. The number of likely N-dealkylation sites (N-methyl/N-ethyl adjacent to an activating group) is 1. The van der Waals surface area contributed by atoms with Crippen molar-refractivity contribution in [1.29, 1.82) is 0 Å². The van der Waals surface area contributed by atoms with Crippen LogP contribution in [0, 0.1) is 13.8 Å². The molecule has 1 atom stereocenters.